The van der Waals surface area contributed by atoms with Gasteiger partial charge < -0.3 is 9.26 Å². The number of hydrogen-bond donors (Lipinski definition) is 0. The highest BCUT2D eigenvalue weighted by Gasteiger charge is 2.24. The van der Waals surface area contributed by atoms with E-state index in [-0.39, 0.29) is 6.10 Å². The molecule has 3 heterocycles. The van der Waals surface area contributed by atoms with Crippen LogP contribution < -0.4 is 0 Å². The van der Waals surface area contributed by atoms with Gasteiger partial charge in [-0.15, -0.1) is 0 Å². The Morgan fingerprint density at radius 2 is 1.86 bits per heavy atom. The van der Waals surface area contributed by atoms with Crippen molar-refractivity contribution in [2.75, 3.05) is 0 Å². The van der Waals surface area contributed by atoms with Gasteiger partial charge in [0.15, 0.2) is 5.69 Å². The molecule has 4 aromatic rings. The number of hydrogen-bond acceptors (Lipinski definition) is 5. The van der Waals surface area contributed by atoms with Crippen LogP contribution in [0.25, 0.3) is 23.0 Å². The topological polar surface area (TPSA) is 66.0 Å². The Balaban J connectivity index is 1.41. The minimum atomic E-state index is -0.00827. The molecule has 0 N–H and O–H groups in total. The number of ether oxygens (including phenoxy) is 1. The maximum atomic E-state index is 6.04. The van der Waals surface area contributed by atoms with Crippen LogP contribution in [0.3, 0.4) is 0 Å². The predicted octanol–water partition coefficient (Wildman–Crippen LogP) is 4.49. The van der Waals surface area contributed by atoms with Gasteiger partial charge in [-0.1, -0.05) is 59.3 Å². The minimum Gasteiger partial charge on any atom is -0.365 e. The van der Waals surface area contributed by atoms with E-state index in [0.717, 1.165) is 22.4 Å². The summed E-state index contributed by atoms with van der Waals surface area (Å²) in [5.41, 5.74) is 6.15. The largest absolute Gasteiger partial charge is 0.365 e. The average Bonchev–Trinajstić information content (AvgIpc) is 3.35. The smallest absolute Gasteiger partial charge is 0.278 e. The van der Waals surface area contributed by atoms with Crippen molar-refractivity contribution in [1.82, 2.24) is 19.9 Å². The Bertz CT molecular complexity index is 1130. The molecular formula is C22H20N4O2. The zero-order chi connectivity index (χ0) is 19.1. The SMILES string of the molecule is Cc1ccc(C2Cn3nc(-c4nc(-c5ccccc5C)no4)cc3CO2)cc1. The molecule has 0 radical (unpaired) electrons. The molecular weight excluding hydrogens is 352 g/mol. The summed E-state index contributed by atoms with van der Waals surface area (Å²) in [5, 5.41) is 8.82. The third-order valence-corrected chi connectivity index (χ3v) is 5.11. The summed E-state index contributed by atoms with van der Waals surface area (Å²) in [4.78, 5) is 4.55. The molecule has 2 aromatic carbocycles. The lowest BCUT2D eigenvalue weighted by Crippen LogP contribution is -2.21. The highest BCUT2D eigenvalue weighted by atomic mass is 16.5. The van der Waals surface area contributed by atoms with Crippen LogP contribution in [0.15, 0.2) is 59.1 Å². The molecule has 6 nitrogen and oxygen atoms in total. The van der Waals surface area contributed by atoms with E-state index in [2.05, 4.69) is 46.4 Å². The number of aromatic nitrogens is 4. The lowest BCUT2D eigenvalue weighted by atomic mass is 10.1. The van der Waals surface area contributed by atoms with Gasteiger partial charge in [0.1, 0.15) is 6.10 Å². The monoisotopic (exact) mass is 372 g/mol. The van der Waals surface area contributed by atoms with Crippen LogP contribution in [-0.4, -0.2) is 19.9 Å². The van der Waals surface area contributed by atoms with Gasteiger partial charge in [-0.25, -0.2) is 0 Å². The van der Waals surface area contributed by atoms with Gasteiger partial charge in [-0.3, -0.25) is 4.68 Å². The molecule has 1 atom stereocenters. The number of benzene rings is 2. The van der Waals surface area contributed by atoms with Gasteiger partial charge >= 0.3 is 0 Å². The Morgan fingerprint density at radius 3 is 2.68 bits per heavy atom. The molecule has 0 bridgehead atoms. The number of nitrogens with zero attached hydrogens (tertiary/aromatic N) is 4. The van der Waals surface area contributed by atoms with Gasteiger partial charge in [0.05, 0.1) is 18.8 Å². The summed E-state index contributed by atoms with van der Waals surface area (Å²) in [5.74, 6) is 1.000. The van der Waals surface area contributed by atoms with E-state index >= 15 is 0 Å². The summed E-state index contributed by atoms with van der Waals surface area (Å²) >= 11 is 0. The van der Waals surface area contributed by atoms with Crippen molar-refractivity contribution in [1.29, 1.82) is 0 Å². The fourth-order valence-electron chi connectivity index (χ4n) is 3.47. The fourth-order valence-corrected chi connectivity index (χ4v) is 3.47. The van der Waals surface area contributed by atoms with Crippen molar-refractivity contribution in [2.24, 2.45) is 0 Å². The molecule has 0 saturated heterocycles. The molecule has 1 aliphatic rings. The first-order chi connectivity index (χ1) is 13.7. The molecule has 1 unspecified atom stereocenters. The molecule has 0 amide bonds. The number of aryl methyl sites for hydroxylation is 2. The van der Waals surface area contributed by atoms with Gasteiger partial charge in [0.25, 0.3) is 5.89 Å². The first-order valence-electron chi connectivity index (χ1n) is 9.32. The summed E-state index contributed by atoms with van der Waals surface area (Å²) in [6, 6.07) is 18.4. The van der Waals surface area contributed by atoms with Crippen LogP contribution in [0.1, 0.15) is 28.5 Å². The zero-order valence-corrected chi connectivity index (χ0v) is 15.8. The van der Waals surface area contributed by atoms with E-state index in [1.807, 2.05) is 41.9 Å². The quantitative estimate of drug-likeness (QED) is 0.530. The van der Waals surface area contributed by atoms with E-state index in [1.165, 1.54) is 5.56 Å². The van der Waals surface area contributed by atoms with Crippen LogP contribution in [-0.2, 0) is 17.9 Å². The fraction of sp³-hybridized carbons (Fsp3) is 0.227. The van der Waals surface area contributed by atoms with Crippen LogP contribution in [0.2, 0.25) is 0 Å². The highest BCUT2D eigenvalue weighted by molar-refractivity contribution is 5.61. The summed E-state index contributed by atoms with van der Waals surface area (Å²) in [7, 11) is 0. The maximum Gasteiger partial charge on any atom is 0.278 e. The lowest BCUT2D eigenvalue weighted by molar-refractivity contribution is -0.00113. The van der Waals surface area contributed by atoms with Crippen molar-refractivity contribution in [3.8, 4) is 23.0 Å². The zero-order valence-electron chi connectivity index (χ0n) is 15.8. The normalized spacial score (nSPS) is 16.1. The summed E-state index contributed by atoms with van der Waals surface area (Å²) in [6.07, 6.45) is -0.00827. The van der Waals surface area contributed by atoms with Crippen LogP contribution in [0, 0.1) is 13.8 Å². The van der Waals surface area contributed by atoms with E-state index in [1.54, 1.807) is 0 Å². The molecule has 1 aliphatic heterocycles. The van der Waals surface area contributed by atoms with Crippen molar-refractivity contribution < 1.29 is 9.26 Å². The van der Waals surface area contributed by atoms with E-state index < -0.39 is 0 Å². The molecule has 140 valence electrons. The second kappa shape index (κ2) is 6.73. The molecule has 0 aliphatic carbocycles. The second-order valence-electron chi connectivity index (χ2n) is 7.15. The minimum absolute atomic E-state index is 0.00827. The third kappa shape index (κ3) is 3.01. The summed E-state index contributed by atoms with van der Waals surface area (Å²) in [6.45, 7) is 5.28. The van der Waals surface area contributed by atoms with Gasteiger partial charge in [0, 0.05) is 5.56 Å². The highest BCUT2D eigenvalue weighted by Crippen LogP contribution is 2.29. The Kier molecular flexibility index (Phi) is 4.06. The second-order valence-corrected chi connectivity index (χ2v) is 7.15. The van der Waals surface area contributed by atoms with Crippen molar-refractivity contribution in [3.63, 3.8) is 0 Å². The van der Waals surface area contributed by atoms with Crippen LogP contribution in [0.5, 0.6) is 0 Å². The van der Waals surface area contributed by atoms with Gasteiger partial charge in [-0.2, -0.15) is 10.1 Å². The van der Waals surface area contributed by atoms with Gasteiger partial charge in [0.2, 0.25) is 5.82 Å². The van der Waals surface area contributed by atoms with E-state index in [4.69, 9.17) is 9.26 Å². The molecule has 6 heteroatoms. The Morgan fingerprint density at radius 1 is 1.04 bits per heavy atom. The van der Waals surface area contributed by atoms with E-state index in [9.17, 15) is 0 Å². The standard InChI is InChI=1S/C22H20N4O2/c1-14-7-9-16(10-8-14)20-12-26-17(13-27-20)11-19(24-26)22-23-21(25-28-22)18-6-4-3-5-15(18)2/h3-11,20H,12-13H2,1-2H3. The summed E-state index contributed by atoms with van der Waals surface area (Å²) < 4.78 is 13.5. The first kappa shape index (κ1) is 16.9. The van der Waals surface area contributed by atoms with E-state index in [0.29, 0.717) is 30.6 Å². The number of rotatable bonds is 3. The van der Waals surface area contributed by atoms with Crippen molar-refractivity contribution >= 4 is 0 Å². The van der Waals surface area contributed by atoms with Crippen molar-refractivity contribution in [2.45, 2.75) is 33.1 Å². The molecule has 0 fully saturated rings. The molecule has 28 heavy (non-hydrogen) atoms. The predicted molar refractivity (Wildman–Crippen MR) is 104 cm³/mol. The maximum absolute atomic E-state index is 6.04. The molecule has 5 rings (SSSR count). The Labute approximate surface area is 162 Å². The van der Waals surface area contributed by atoms with Crippen LogP contribution in [0.4, 0.5) is 0 Å². The van der Waals surface area contributed by atoms with Crippen LogP contribution >= 0.6 is 0 Å². The third-order valence-electron chi connectivity index (χ3n) is 5.11. The first-order valence-corrected chi connectivity index (χ1v) is 9.32. The van der Waals surface area contributed by atoms with Gasteiger partial charge in [-0.05, 0) is 31.0 Å². The Hall–Kier alpha value is -3.25. The van der Waals surface area contributed by atoms with Crippen molar-refractivity contribution in [3.05, 3.63) is 77.0 Å². The average molecular weight is 372 g/mol. The molecule has 0 spiro atoms. The molecule has 0 saturated carbocycles. The lowest BCUT2D eigenvalue weighted by Gasteiger charge is -2.24. The molecule has 2 aromatic heterocycles. The number of fused-ring (bicyclic) bond motifs is 1.